The summed E-state index contributed by atoms with van der Waals surface area (Å²) >= 11 is 1.49. The number of hydrogen-bond acceptors (Lipinski definition) is 4. The Morgan fingerprint density at radius 1 is 1.38 bits per heavy atom. The highest BCUT2D eigenvalue weighted by Gasteiger charge is 2.32. The molecule has 114 valence electrons. The molecular weight excluding hydrogens is 290 g/mol. The van der Waals surface area contributed by atoms with Crippen molar-refractivity contribution in [2.75, 3.05) is 11.4 Å². The summed E-state index contributed by atoms with van der Waals surface area (Å²) in [5.41, 5.74) is 0.192. The van der Waals surface area contributed by atoms with Crippen LogP contribution in [-0.4, -0.2) is 34.6 Å². The number of carbonyl (C=O) groups is 2. The average Bonchev–Trinajstić information content (AvgIpc) is 2.35. The minimum absolute atomic E-state index is 0.0122. The Morgan fingerprint density at radius 3 is 2.67 bits per heavy atom. The van der Waals surface area contributed by atoms with Crippen LogP contribution >= 0.6 is 11.8 Å². The van der Waals surface area contributed by atoms with Gasteiger partial charge >= 0.3 is 12.1 Å². The lowest BCUT2D eigenvalue weighted by atomic mass is 10.2. The number of para-hydroxylation sites is 1. The van der Waals surface area contributed by atoms with E-state index in [1.54, 1.807) is 0 Å². The second-order valence-corrected chi connectivity index (χ2v) is 7.24. The molecule has 0 spiro atoms. The molecule has 1 heterocycles. The molecule has 1 aromatic rings. The van der Waals surface area contributed by atoms with Crippen LogP contribution in [0.5, 0.6) is 0 Å². The van der Waals surface area contributed by atoms with E-state index in [-0.39, 0.29) is 11.7 Å². The maximum atomic E-state index is 12.4. The number of fused-ring (bicyclic) bond motifs is 1. The van der Waals surface area contributed by atoms with E-state index in [9.17, 15) is 9.59 Å². The maximum Gasteiger partial charge on any atom is 0.414 e. The van der Waals surface area contributed by atoms with E-state index < -0.39 is 17.7 Å². The molecule has 2 rings (SSSR count). The lowest BCUT2D eigenvalue weighted by Gasteiger charge is -2.34. The van der Waals surface area contributed by atoms with Gasteiger partial charge < -0.3 is 9.84 Å². The summed E-state index contributed by atoms with van der Waals surface area (Å²) in [6, 6.07) is 7.48. The number of nitrogens with zero attached hydrogens (tertiary/aromatic N) is 1. The largest absolute Gasteiger partial charge is 0.481 e. The van der Waals surface area contributed by atoms with Gasteiger partial charge in [-0.25, -0.2) is 4.79 Å². The fourth-order valence-corrected chi connectivity index (χ4v) is 3.35. The lowest BCUT2D eigenvalue weighted by molar-refractivity contribution is -0.136. The van der Waals surface area contributed by atoms with Crippen LogP contribution in [0.2, 0.25) is 0 Å². The van der Waals surface area contributed by atoms with Gasteiger partial charge in [0.15, 0.2) is 0 Å². The van der Waals surface area contributed by atoms with E-state index in [4.69, 9.17) is 9.84 Å². The topological polar surface area (TPSA) is 66.8 Å². The number of thioether (sulfide) groups is 1. The van der Waals surface area contributed by atoms with Gasteiger partial charge in [-0.05, 0) is 32.9 Å². The third kappa shape index (κ3) is 4.14. The summed E-state index contributed by atoms with van der Waals surface area (Å²) in [7, 11) is 0. The van der Waals surface area contributed by atoms with E-state index in [2.05, 4.69) is 0 Å². The van der Waals surface area contributed by atoms with Gasteiger partial charge in [-0.3, -0.25) is 9.69 Å². The first kappa shape index (κ1) is 15.7. The highest BCUT2D eigenvalue weighted by molar-refractivity contribution is 8.00. The molecule has 1 unspecified atom stereocenters. The van der Waals surface area contributed by atoms with Crippen LogP contribution in [0.15, 0.2) is 29.2 Å². The fourth-order valence-electron chi connectivity index (χ4n) is 2.09. The number of benzene rings is 1. The van der Waals surface area contributed by atoms with E-state index in [1.165, 1.54) is 16.7 Å². The van der Waals surface area contributed by atoms with Crippen LogP contribution in [-0.2, 0) is 9.53 Å². The predicted molar refractivity (Wildman–Crippen MR) is 81.9 cm³/mol. The van der Waals surface area contributed by atoms with Crippen molar-refractivity contribution in [1.29, 1.82) is 0 Å². The summed E-state index contributed by atoms with van der Waals surface area (Å²) in [5.74, 6) is -0.865. The van der Waals surface area contributed by atoms with Gasteiger partial charge in [-0.15, -0.1) is 11.8 Å². The second kappa shape index (κ2) is 5.97. The standard InChI is InChI=1S/C15H19NO4S/c1-15(2,3)20-14(19)16-9-10(8-13(17)18)21-12-7-5-4-6-11(12)16/h4-7,10H,8-9H2,1-3H3,(H,17,18). The van der Waals surface area contributed by atoms with Crippen LogP contribution in [0.25, 0.3) is 0 Å². The van der Waals surface area contributed by atoms with Crippen molar-refractivity contribution in [2.24, 2.45) is 0 Å². The molecule has 6 heteroatoms. The molecule has 0 saturated heterocycles. The van der Waals surface area contributed by atoms with Crippen molar-refractivity contribution < 1.29 is 19.4 Å². The molecule has 1 N–H and O–H groups in total. The number of carboxylic acid groups (broad SMARTS) is 1. The number of ether oxygens (including phenoxy) is 1. The average molecular weight is 309 g/mol. The van der Waals surface area contributed by atoms with Gasteiger partial charge in [-0.1, -0.05) is 12.1 Å². The van der Waals surface area contributed by atoms with Crippen LogP contribution in [0.3, 0.4) is 0 Å². The van der Waals surface area contributed by atoms with Gasteiger partial charge in [0.05, 0.1) is 12.1 Å². The molecular formula is C15H19NO4S. The Hall–Kier alpha value is -1.69. The molecule has 1 amide bonds. The number of aliphatic carboxylic acids is 1. The molecule has 0 radical (unpaired) electrons. The van der Waals surface area contributed by atoms with E-state index in [0.29, 0.717) is 6.54 Å². The Labute approximate surface area is 128 Å². The monoisotopic (exact) mass is 309 g/mol. The molecule has 1 aliphatic heterocycles. The summed E-state index contributed by atoms with van der Waals surface area (Å²) in [6.45, 7) is 5.77. The number of anilines is 1. The van der Waals surface area contributed by atoms with E-state index in [1.807, 2.05) is 45.0 Å². The van der Waals surface area contributed by atoms with Crippen LogP contribution < -0.4 is 4.90 Å². The smallest absolute Gasteiger partial charge is 0.414 e. The molecule has 5 nitrogen and oxygen atoms in total. The molecule has 1 aliphatic rings. The summed E-state index contributed by atoms with van der Waals surface area (Å²) in [6.07, 6.45) is -0.427. The maximum absolute atomic E-state index is 12.4. The van der Waals surface area contributed by atoms with Gasteiger partial charge in [0.25, 0.3) is 0 Å². The molecule has 0 aliphatic carbocycles. The van der Waals surface area contributed by atoms with Crippen molar-refractivity contribution in [2.45, 2.75) is 42.9 Å². The lowest BCUT2D eigenvalue weighted by Crippen LogP contribution is -2.43. The van der Waals surface area contributed by atoms with Crippen LogP contribution in [0, 0.1) is 0 Å². The van der Waals surface area contributed by atoms with E-state index in [0.717, 1.165) is 10.6 Å². The summed E-state index contributed by atoms with van der Waals surface area (Å²) < 4.78 is 5.42. The Kier molecular flexibility index (Phi) is 4.46. The third-order valence-corrected chi connectivity index (χ3v) is 4.10. The predicted octanol–water partition coefficient (Wildman–Crippen LogP) is 3.38. The number of rotatable bonds is 2. The highest BCUT2D eigenvalue weighted by Crippen LogP contribution is 2.40. The molecule has 0 saturated carbocycles. The van der Waals surface area contributed by atoms with Crippen molar-refractivity contribution in [3.05, 3.63) is 24.3 Å². The SMILES string of the molecule is CC(C)(C)OC(=O)N1CC(CC(=O)O)Sc2ccccc21. The minimum Gasteiger partial charge on any atom is -0.481 e. The molecule has 1 aromatic carbocycles. The molecule has 21 heavy (non-hydrogen) atoms. The number of carboxylic acids is 1. The zero-order valence-corrected chi connectivity index (χ0v) is 13.1. The summed E-state index contributed by atoms with van der Waals surface area (Å²) in [5, 5.41) is 8.80. The minimum atomic E-state index is -0.865. The van der Waals surface area contributed by atoms with Gasteiger partial charge in [-0.2, -0.15) is 0 Å². The Balaban J connectivity index is 2.26. The second-order valence-electron chi connectivity index (χ2n) is 5.90. The van der Waals surface area contributed by atoms with Crippen molar-refractivity contribution >= 4 is 29.5 Å². The third-order valence-electron chi connectivity index (χ3n) is 2.85. The van der Waals surface area contributed by atoms with Crippen LogP contribution in [0.4, 0.5) is 10.5 Å². The first-order valence-corrected chi connectivity index (χ1v) is 7.62. The quantitative estimate of drug-likeness (QED) is 0.907. The summed E-state index contributed by atoms with van der Waals surface area (Å²) in [4.78, 5) is 25.7. The molecule has 0 bridgehead atoms. The molecule has 0 fully saturated rings. The molecule has 0 aromatic heterocycles. The zero-order chi connectivity index (χ0) is 15.6. The number of amides is 1. The normalized spacial score (nSPS) is 18.0. The van der Waals surface area contributed by atoms with Crippen molar-refractivity contribution in [1.82, 2.24) is 0 Å². The fraction of sp³-hybridized carbons (Fsp3) is 0.467. The van der Waals surface area contributed by atoms with Gasteiger partial charge in [0.2, 0.25) is 0 Å². The Morgan fingerprint density at radius 2 is 2.05 bits per heavy atom. The van der Waals surface area contributed by atoms with Gasteiger partial charge in [0.1, 0.15) is 5.60 Å². The van der Waals surface area contributed by atoms with Crippen molar-refractivity contribution in [3.8, 4) is 0 Å². The zero-order valence-electron chi connectivity index (χ0n) is 12.3. The molecule has 1 atom stereocenters. The highest BCUT2D eigenvalue weighted by atomic mass is 32.2. The number of carbonyl (C=O) groups excluding carboxylic acids is 1. The van der Waals surface area contributed by atoms with Crippen molar-refractivity contribution in [3.63, 3.8) is 0 Å². The van der Waals surface area contributed by atoms with Gasteiger partial charge in [0, 0.05) is 16.7 Å². The van der Waals surface area contributed by atoms with E-state index >= 15 is 0 Å². The Bertz CT molecular complexity index is 553. The number of hydrogen-bond donors (Lipinski definition) is 1. The first-order chi connectivity index (χ1) is 9.76. The first-order valence-electron chi connectivity index (χ1n) is 6.74. The van der Waals surface area contributed by atoms with Crippen LogP contribution in [0.1, 0.15) is 27.2 Å².